The molecule has 0 aliphatic heterocycles. The number of nitrogens with zero attached hydrogens (tertiary/aromatic N) is 1. The molecule has 1 heteroatoms. The second kappa shape index (κ2) is 4.67. The van der Waals surface area contributed by atoms with Crippen molar-refractivity contribution >= 4 is 0 Å². The van der Waals surface area contributed by atoms with E-state index in [9.17, 15) is 0 Å². The molecule has 1 rings (SSSR count). The fraction of sp³-hybridized carbons (Fsp3) is 0.417. The van der Waals surface area contributed by atoms with E-state index in [0.717, 1.165) is 12.0 Å². The molecule has 1 atom stereocenters. The Morgan fingerprint density at radius 2 is 1.85 bits per heavy atom. The third-order valence-corrected chi connectivity index (χ3v) is 2.06. The van der Waals surface area contributed by atoms with Crippen LogP contribution < -0.4 is 0 Å². The molecule has 0 saturated heterocycles. The van der Waals surface area contributed by atoms with Crippen LogP contribution in [0.25, 0.3) is 0 Å². The highest BCUT2D eigenvalue weighted by Crippen LogP contribution is 2.22. The number of benzene rings is 1. The molecule has 0 heterocycles. The maximum atomic E-state index is 8.98. The lowest BCUT2D eigenvalue weighted by Gasteiger charge is -2.11. The van der Waals surface area contributed by atoms with Gasteiger partial charge >= 0.3 is 0 Å². The average molecular weight is 173 g/mol. The first-order chi connectivity index (χ1) is 6.24. The normalized spacial score (nSPS) is 12.5. The summed E-state index contributed by atoms with van der Waals surface area (Å²) >= 11 is 0. The van der Waals surface area contributed by atoms with Crippen LogP contribution in [0.1, 0.15) is 31.7 Å². The molecule has 0 unspecified atom stereocenters. The molecule has 0 amide bonds. The zero-order valence-corrected chi connectivity index (χ0v) is 8.20. The second-order valence-electron chi connectivity index (χ2n) is 3.72. The van der Waals surface area contributed by atoms with Crippen molar-refractivity contribution in [2.75, 3.05) is 0 Å². The van der Waals surface area contributed by atoms with Gasteiger partial charge in [-0.25, -0.2) is 0 Å². The Bertz CT molecular complexity index is 282. The molecule has 0 aromatic heterocycles. The van der Waals surface area contributed by atoms with E-state index in [1.165, 1.54) is 0 Å². The molecule has 1 aromatic carbocycles. The van der Waals surface area contributed by atoms with E-state index in [0.29, 0.717) is 5.92 Å². The predicted molar refractivity (Wildman–Crippen MR) is 54.3 cm³/mol. The van der Waals surface area contributed by atoms with E-state index in [4.69, 9.17) is 5.26 Å². The monoisotopic (exact) mass is 173 g/mol. The van der Waals surface area contributed by atoms with E-state index in [-0.39, 0.29) is 5.92 Å². The van der Waals surface area contributed by atoms with Gasteiger partial charge in [0, 0.05) is 0 Å². The molecule has 68 valence electrons. The van der Waals surface area contributed by atoms with Gasteiger partial charge in [0.05, 0.1) is 12.0 Å². The maximum absolute atomic E-state index is 8.98. The van der Waals surface area contributed by atoms with Crippen molar-refractivity contribution in [2.45, 2.75) is 26.2 Å². The van der Waals surface area contributed by atoms with Crippen LogP contribution in [0.2, 0.25) is 0 Å². The minimum Gasteiger partial charge on any atom is -0.198 e. The minimum atomic E-state index is 0.0567. The summed E-state index contributed by atoms with van der Waals surface area (Å²) in [6.45, 7) is 4.29. The first kappa shape index (κ1) is 9.80. The molecule has 1 nitrogen and oxygen atoms in total. The smallest absolute Gasteiger partial charge is 0.0715 e. The van der Waals surface area contributed by atoms with Crippen LogP contribution in [0.4, 0.5) is 0 Å². The number of nitriles is 1. The summed E-state index contributed by atoms with van der Waals surface area (Å²) in [5.41, 5.74) is 1.14. The standard InChI is InChI=1S/C12H15N/c1-10(2)8-12(9-13)11-6-4-3-5-7-11/h3-7,10,12H,8H2,1-2H3/t12-/m0/s1. The van der Waals surface area contributed by atoms with Crippen LogP contribution in [0, 0.1) is 17.2 Å². The maximum Gasteiger partial charge on any atom is 0.0715 e. The summed E-state index contributed by atoms with van der Waals surface area (Å²) in [5.74, 6) is 0.631. The Balaban J connectivity index is 2.75. The topological polar surface area (TPSA) is 23.8 Å². The van der Waals surface area contributed by atoms with E-state index in [1.54, 1.807) is 0 Å². The van der Waals surface area contributed by atoms with Gasteiger partial charge < -0.3 is 0 Å². The Hall–Kier alpha value is -1.29. The van der Waals surface area contributed by atoms with Crippen LogP contribution in [-0.2, 0) is 0 Å². The molecule has 0 aliphatic carbocycles. The highest BCUT2D eigenvalue weighted by Gasteiger charge is 2.11. The van der Waals surface area contributed by atoms with Gasteiger partial charge in [-0.3, -0.25) is 0 Å². The van der Waals surface area contributed by atoms with E-state index >= 15 is 0 Å². The van der Waals surface area contributed by atoms with Gasteiger partial charge in [0.25, 0.3) is 0 Å². The highest BCUT2D eigenvalue weighted by atomic mass is 14.3. The Labute approximate surface area is 80.0 Å². The summed E-state index contributed by atoms with van der Waals surface area (Å²) < 4.78 is 0. The van der Waals surface area contributed by atoms with Crippen LogP contribution in [-0.4, -0.2) is 0 Å². The van der Waals surface area contributed by atoms with Gasteiger partial charge in [-0.1, -0.05) is 44.2 Å². The van der Waals surface area contributed by atoms with Crippen LogP contribution in [0.15, 0.2) is 30.3 Å². The molecule has 0 radical (unpaired) electrons. The van der Waals surface area contributed by atoms with Gasteiger partial charge in [0.2, 0.25) is 0 Å². The summed E-state index contributed by atoms with van der Waals surface area (Å²) in [7, 11) is 0. The average Bonchev–Trinajstić information content (AvgIpc) is 2.15. The molecule has 0 fully saturated rings. The van der Waals surface area contributed by atoms with Crippen molar-refractivity contribution in [1.82, 2.24) is 0 Å². The zero-order valence-electron chi connectivity index (χ0n) is 8.20. The Morgan fingerprint density at radius 3 is 2.31 bits per heavy atom. The van der Waals surface area contributed by atoms with Crippen molar-refractivity contribution in [3.63, 3.8) is 0 Å². The van der Waals surface area contributed by atoms with Gasteiger partial charge in [-0.05, 0) is 17.9 Å². The fourth-order valence-electron chi connectivity index (χ4n) is 1.42. The summed E-state index contributed by atoms with van der Waals surface area (Å²) in [5, 5.41) is 8.98. The number of hydrogen-bond acceptors (Lipinski definition) is 1. The quantitative estimate of drug-likeness (QED) is 0.687. The molecule has 0 N–H and O–H groups in total. The Morgan fingerprint density at radius 1 is 1.23 bits per heavy atom. The van der Waals surface area contributed by atoms with Crippen LogP contribution in [0.5, 0.6) is 0 Å². The van der Waals surface area contributed by atoms with Crippen molar-refractivity contribution < 1.29 is 0 Å². The lowest BCUT2D eigenvalue weighted by Crippen LogP contribution is -2.00. The summed E-state index contributed by atoms with van der Waals surface area (Å²) in [6, 6.07) is 12.3. The Kier molecular flexibility index (Phi) is 3.52. The summed E-state index contributed by atoms with van der Waals surface area (Å²) in [4.78, 5) is 0. The van der Waals surface area contributed by atoms with Crippen molar-refractivity contribution in [2.24, 2.45) is 5.92 Å². The number of hydrogen-bond donors (Lipinski definition) is 0. The molecular weight excluding hydrogens is 158 g/mol. The van der Waals surface area contributed by atoms with E-state index < -0.39 is 0 Å². The predicted octanol–water partition coefficient (Wildman–Crippen LogP) is 3.34. The van der Waals surface area contributed by atoms with Gasteiger partial charge in [0.15, 0.2) is 0 Å². The largest absolute Gasteiger partial charge is 0.198 e. The lowest BCUT2D eigenvalue weighted by atomic mass is 9.92. The van der Waals surface area contributed by atoms with Crippen molar-refractivity contribution in [3.8, 4) is 6.07 Å². The van der Waals surface area contributed by atoms with E-state index in [2.05, 4.69) is 19.9 Å². The van der Waals surface area contributed by atoms with Crippen molar-refractivity contribution in [3.05, 3.63) is 35.9 Å². The molecule has 0 spiro atoms. The van der Waals surface area contributed by atoms with E-state index in [1.807, 2.05) is 30.3 Å². The molecular formula is C12H15N. The number of rotatable bonds is 3. The van der Waals surface area contributed by atoms with Gasteiger partial charge in [-0.2, -0.15) is 5.26 Å². The summed E-state index contributed by atoms with van der Waals surface area (Å²) in [6.07, 6.45) is 0.945. The molecule has 0 saturated carbocycles. The zero-order chi connectivity index (χ0) is 9.68. The SMILES string of the molecule is CC(C)C[C@@H](C#N)c1ccccc1. The second-order valence-corrected chi connectivity index (χ2v) is 3.72. The fourth-order valence-corrected chi connectivity index (χ4v) is 1.42. The molecule has 1 aromatic rings. The van der Waals surface area contributed by atoms with Gasteiger partial charge in [-0.15, -0.1) is 0 Å². The molecule has 0 aliphatic rings. The van der Waals surface area contributed by atoms with Crippen LogP contribution in [0.3, 0.4) is 0 Å². The van der Waals surface area contributed by atoms with Crippen molar-refractivity contribution in [1.29, 1.82) is 5.26 Å². The molecule has 0 bridgehead atoms. The molecule has 13 heavy (non-hydrogen) atoms. The third kappa shape index (κ3) is 2.91. The highest BCUT2D eigenvalue weighted by molar-refractivity contribution is 5.24. The van der Waals surface area contributed by atoms with Gasteiger partial charge in [0.1, 0.15) is 0 Å². The lowest BCUT2D eigenvalue weighted by molar-refractivity contribution is 0.555. The van der Waals surface area contributed by atoms with Crippen LogP contribution >= 0.6 is 0 Å². The first-order valence-electron chi connectivity index (χ1n) is 4.68. The first-order valence-corrected chi connectivity index (χ1v) is 4.68. The minimum absolute atomic E-state index is 0.0567. The third-order valence-electron chi connectivity index (χ3n) is 2.06.